The summed E-state index contributed by atoms with van der Waals surface area (Å²) in [7, 11) is -0.824. The van der Waals surface area contributed by atoms with Crippen LogP contribution in [0.2, 0.25) is 0 Å². The molecule has 0 spiro atoms. The van der Waals surface area contributed by atoms with E-state index in [-0.39, 0.29) is 29.8 Å². The van der Waals surface area contributed by atoms with Crippen LogP contribution in [0.4, 0.5) is 10.1 Å². The highest BCUT2D eigenvalue weighted by Gasteiger charge is 2.15. The van der Waals surface area contributed by atoms with Gasteiger partial charge in [-0.25, -0.2) is 12.8 Å². The van der Waals surface area contributed by atoms with Gasteiger partial charge in [0.2, 0.25) is 5.91 Å². The van der Waals surface area contributed by atoms with Gasteiger partial charge in [-0.3, -0.25) is 9.52 Å². The van der Waals surface area contributed by atoms with E-state index in [1.807, 2.05) is 0 Å². The number of hydrogen-bond donors (Lipinski definition) is 2. The van der Waals surface area contributed by atoms with Crippen LogP contribution in [0.15, 0.2) is 71.6 Å². The third kappa shape index (κ3) is 8.24. The summed E-state index contributed by atoms with van der Waals surface area (Å²) in [6.07, 6.45) is 1.34. The summed E-state index contributed by atoms with van der Waals surface area (Å²) < 4.78 is 56.7. The molecule has 0 aliphatic carbocycles. The minimum Gasteiger partial charge on any atom is -0.497 e. The lowest BCUT2D eigenvalue weighted by molar-refractivity contribution is -0.126. The van der Waals surface area contributed by atoms with Gasteiger partial charge in [-0.05, 0) is 48.2 Å². The van der Waals surface area contributed by atoms with Crippen LogP contribution in [-0.2, 0) is 32.6 Å². The Morgan fingerprint density at radius 1 is 0.889 bits per heavy atom. The maximum absolute atomic E-state index is 12.9. The number of hydrogen-bond acceptors (Lipinski definition) is 6. The fourth-order valence-corrected chi connectivity index (χ4v) is 4.37. The molecular formula is C26H29FN2O6S. The number of halogens is 1. The molecule has 3 aromatic rings. The Kier molecular flexibility index (Phi) is 9.66. The molecule has 0 aliphatic heterocycles. The Balaban J connectivity index is 1.42. The zero-order chi connectivity index (χ0) is 26.0. The summed E-state index contributed by atoms with van der Waals surface area (Å²) in [5.74, 6) is 0.375. The van der Waals surface area contributed by atoms with Crippen molar-refractivity contribution in [2.24, 2.45) is 0 Å². The number of benzene rings is 3. The highest BCUT2D eigenvalue weighted by Crippen LogP contribution is 2.27. The molecule has 0 bridgehead atoms. The van der Waals surface area contributed by atoms with E-state index in [2.05, 4.69) is 10.0 Å². The zero-order valence-corrected chi connectivity index (χ0v) is 20.9. The van der Waals surface area contributed by atoms with Crippen molar-refractivity contribution >= 4 is 21.6 Å². The number of amides is 1. The zero-order valence-electron chi connectivity index (χ0n) is 20.1. The van der Waals surface area contributed by atoms with Crippen LogP contribution in [0.25, 0.3) is 0 Å². The Hall–Kier alpha value is -3.63. The van der Waals surface area contributed by atoms with Gasteiger partial charge in [0.25, 0.3) is 10.0 Å². The molecule has 0 saturated carbocycles. The predicted molar refractivity (Wildman–Crippen MR) is 134 cm³/mol. The fourth-order valence-electron chi connectivity index (χ4n) is 3.33. The summed E-state index contributed by atoms with van der Waals surface area (Å²) in [5.41, 5.74) is 2.06. The first-order valence-corrected chi connectivity index (χ1v) is 12.7. The number of aryl methyl sites for hydroxylation is 1. The first-order valence-electron chi connectivity index (χ1n) is 11.2. The topological polar surface area (TPSA) is 103 Å². The van der Waals surface area contributed by atoms with Gasteiger partial charge in [0.05, 0.1) is 31.4 Å². The molecule has 0 fully saturated rings. The molecule has 0 unspecified atom stereocenters. The lowest BCUT2D eigenvalue weighted by Crippen LogP contribution is -2.28. The monoisotopic (exact) mass is 516 g/mol. The number of methoxy groups -OCH3 is 2. The molecule has 0 radical (unpaired) electrons. The number of sulfonamides is 1. The molecule has 1 amide bonds. The van der Waals surface area contributed by atoms with Crippen molar-refractivity contribution < 1.29 is 31.8 Å². The first kappa shape index (κ1) is 27.0. The normalized spacial score (nSPS) is 11.1. The van der Waals surface area contributed by atoms with E-state index in [1.165, 1.54) is 38.5 Å². The molecular weight excluding hydrogens is 487 g/mol. The molecule has 0 aromatic heterocycles. The van der Waals surface area contributed by atoms with Gasteiger partial charge in [0.1, 0.15) is 23.9 Å². The molecule has 0 saturated heterocycles. The van der Waals surface area contributed by atoms with Crippen molar-refractivity contribution in [1.82, 2.24) is 5.32 Å². The Morgan fingerprint density at radius 3 is 2.11 bits per heavy atom. The van der Waals surface area contributed by atoms with E-state index in [9.17, 15) is 17.6 Å². The van der Waals surface area contributed by atoms with Crippen LogP contribution in [0.5, 0.6) is 11.5 Å². The third-order valence-electron chi connectivity index (χ3n) is 5.22. The lowest BCUT2D eigenvalue weighted by Gasteiger charge is -2.12. The minimum atomic E-state index is -3.80. The summed E-state index contributed by atoms with van der Waals surface area (Å²) in [6, 6.07) is 17.2. The van der Waals surface area contributed by atoms with Gasteiger partial charge < -0.3 is 19.5 Å². The van der Waals surface area contributed by atoms with Crippen LogP contribution in [-0.4, -0.2) is 41.7 Å². The highest BCUT2D eigenvalue weighted by molar-refractivity contribution is 7.92. The van der Waals surface area contributed by atoms with Gasteiger partial charge in [0, 0.05) is 24.7 Å². The molecule has 3 aromatic carbocycles. The largest absolute Gasteiger partial charge is 0.497 e. The summed E-state index contributed by atoms with van der Waals surface area (Å²) >= 11 is 0. The summed E-state index contributed by atoms with van der Waals surface area (Å²) in [6.45, 7) is 0.595. The smallest absolute Gasteiger partial charge is 0.261 e. The molecule has 2 N–H and O–H groups in total. The standard InChI is InChI=1S/C26H29FN2O6S/c1-33-23-14-22(15-24(16-23)34-2)29-36(31,32)25-11-7-19(8-12-25)4-3-13-28-26(30)18-35-17-20-5-9-21(27)10-6-20/h5-12,14-16,29H,3-4,13,17-18H2,1-2H3,(H,28,30). The molecule has 3 rings (SSSR count). The third-order valence-corrected chi connectivity index (χ3v) is 6.61. The van der Waals surface area contributed by atoms with E-state index in [0.717, 1.165) is 11.1 Å². The number of carbonyl (C=O) groups is 1. The van der Waals surface area contributed by atoms with Gasteiger partial charge in [-0.15, -0.1) is 0 Å². The van der Waals surface area contributed by atoms with E-state index >= 15 is 0 Å². The quantitative estimate of drug-likeness (QED) is 0.334. The minimum absolute atomic E-state index is 0.0872. The Morgan fingerprint density at radius 2 is 1.50 bits per heavy atom. The molecule has 10 heteroatoms. The fraction of sp³-hybridized carbons (Fsp3) is 0.269. The molecule has 192 valence electrons. The number of ether oxygens (including phenoxy) is 3. The summed E-state index contributed by atoms with van der Waals surface area (Å²) in [5, 5.41) is 2.78. The van der Waals surface area contributed by atoms with Crippen molar-refractivity contribution in [1.29, 1.82) is 0 Å². The van der Waals surface area contributed by atoms with Crippen LogP contribution in [0.1, 0.15) is 17.5 Å². The van der Waals surface area contributed by atoms with Crippen LogP contribution < -0.4 is 19.5 Å². The van der Waals surface area contributed by atoms with Crippen LogP contribution >= 0.6 is 0 Å². The van der Waals surface area contributed by atoms with Gasteiger partial charge in [-0.2, -0.15) is 0 Å². The number of anilines is 1. The predicted octanol–water partition coefficient (Wildman–Crippen LogP) is 3.91. The number of rotatable bonds is 13. The van der Waals surface area contributed by atoms with Crippen molar-refractivity contribution in [2.75, 3.05) is 32.1 Å². The Labute approximate surface area is 210 Å². The van der Waals surface area contributed by atoms with Crippen molar-refractivity contribution in [3.63, 3.8) is 0 Å². The van der Waals surface area contributed by atoms with E-state index in [0.29, 0.717) is 36.6 Å². The second-order valence-corrected chi connectivity index (χ2v) is 9.61. The van der Waals surface area contributed by atoms with E-state index < -0.39 is 10.0 Å². The lowest BCUT2D eigenvalue weighted by atomic mass is 10.1. The molecule has 0 atom stereocenters. The number of nitrogens with one attached hydrogen (secondary N) is 2. The van der Waals surface area contributed by atoms with Gasteiger partial charge in [-0.1, -0.05) is 24.3 Å². The van der Waals surface area contributed by atoms with Crippen LogP contribution in [0.3, 0.4) is 0 Å². The molecule has 0 heterocycles. The maximum Gasteiger partial charge on any atom is 0.261 e. The SMILES string of the molecule is COc1cc(NS(=O)(=O)c2ccc(CCCNC(=O)COCc3ccc(F)cc3)cc2)cc(OC)c1. The molecule has 36 heavy (non-hydrogen) atoms. The van der Waals surface area contributed by atoms with Gasteiger partial charge >= 0.3 is 0 Å². The second kappa shape index (κ2) is 12.9. The van der Waals surface area contributed by atoms with Gasteiger partial charge in [0.15, 0.2) is 0 Å². The number of carbonyl (C=O) groups excluding carboxylic acids is 1. The highest BCUT2D eigenvalue weighted by atomic mass is 32.2. The first-order chi connectivity index (χ1) is 17.3. The van der Waals surface area contributed by atoms with Crippen LogP contribution in [0, 0.1) is 5.82 Å². The maximum atomic E-state index is 12.9. The van der Waals surface area contributed by atoms with E-state index in [4.69, 9.17) is 14.2 Å². The van der Waals surface area contributed by atoms with Crippen molar-refractivity contribution in [2.45, 2.75) is 24.3 Å². The average molecular weight is 517 g/mol. The average Bonchev–Trinajstić information content (AvgIpc) is 2.87. The second-order valence-electron chi connectivity index (χ2n) is 7.92. The molecule has 0 aliphatic rings. The summed E-state index contributed by atoms with van der Waals surface area (Å²) in [4.78, 5) is 12.0. The molecule has 8 nitrogen and oxygen atoms in total. The van der Waals surface area contributed by atoms with E-state index in [1.54, 1.807) is 42.5 Å². The van der Waals surface area contributed by atoms with Crippen molar-refractivity contribution in [3.8, 4) is 11.5 Å². The Bertz CT molecular complexity index is 1230. The van der Waals surface area contributed by atoms with Crippen molar-refractivity contribution in [3.05, 3.63) is 83.7 Å².